The first-order valence-corrected chi connectivity index (χ1v) is 4.36. The van der Waals surface area contributed by atoms with E-state index >= 15 is 0 Å². The summed E-state index contributed by atoms with van der Waals surface area (Å²) in [5.41, 5.74) is -0.330. The Morgan fingerprint density at radius 3 is 2.42 bits per heavy atom. The van der Waals surface area contributed by atoms with E-state index in [1.807, 2.05) is 20.8 Å². The van der Waals surface area contributed by atoms with Crippen LogP contribution in [0.25, 0.3) is 0 Å². The molecule has 0 saturated heterocycles. The first-order valence-electron chi connectivity index (χ1n) is 4.36. The van der Waals surface area contributed by atoms with Gasteiger partial charge in [0.25, 0.3) is 0 Å². The summed E-state index contributed by atoms with van der Waals surface area (Å²) in [6.07, 6.45) is 0.803. The van der Waals surface area contributed by atoms with Crippen LogP contribution < -0.4 is 5.32 Å². The maximum Gasteiger partial charge on any atom is 0.225 e. The molecule has 0 aliphatic carbocycles. The lowest BCUT2D eigenvalue weighted by atomic mass is 9.89. The van der Waals surface area contributed by atoms with Crippen molar-refractivity contribution in [2.75, 3.05) is 6.61 Å². The Bertz CT molecular complexity index is 155. The highest BCUT2D eigenvalue weighted by atomic mass is 16.3. The van der Waals surface area contributed by atoms with E-state index in [-0.39, 0.29) is 24.0 Å². The average Bonchev–Trinajstić information content (AvgIpc) is 2.04. The lowest BCUT2D eigenvalue weighted by molar-refractivity contribution is -0.130. The molecule has 1 amide bonds. The van der Waals surface area contributed by atoms with E-state index < -0.39 is 0 Å². The molecule has 0 fully saturated rings. The Labute approximate surface area is 74.2 Å². The molecule has 0 aliphatic rings. The summed E-state index contributed by atoms with van der Waals surface area (Å²) in [5, 5.41) is 11.4. The molecule has 0 spiro atoms. The van der Waals surface area contributed by atoms with Gasteiger partial charge in [0.1, 0.15) is 0 Å². The van der Waals surface area contributed by atoms with Gasteiger partial charge in [-0.1, -0.05) is 20.8 Å². The molecule has 0 saturated carbocycles. The summed E-state index contributed by atoms with van der Waals surface area (Å²) in [5.74, 6) is 0.00606. The van der Waals surface area contributed by atoms with Crippen LogP contribution in [-0.2, 0) is 4.79 Å². The molecule has 0 radical (unpaired) electrons. The van der Waals surface area contributed by atoms with Crippen molar-refractivity contribution in [2.45, 2.75) is 40.2 Å². The Kier molecular flexibility index (Phi) is 4.24. The van der Waals surface area contributed by atoms with Crippen molar-refractivity contribution >= 4 is 5.91 Å². The van der Waals surface area contributed by atoms with Crippen molar-refractivity contribution in [1.29, 1.82) is 0 Å². The van der Waals surface area contributed by atoms with Gasteiger partial charge in [-0.3, -0.25) is 4.79 Å². The third-order valence-electron chi connectivity index (χ3n) is 2.15. The molecule has 1 atom stereocenters. The van der Waals surface area contributed by atoms with Gasteiger partial charge in [-0.25, -0.2) is 0 Å². The number of hydrogen-bond donors (Lipinski definition) is 2. The summed E-state index contributed by atoms with van der Waals surface area (Å²) in [6.45, 7) is 7.54. The molecule has 2 N–H and O–H groups in total. The smallest absolute Gasteiger partial charge is 0.225 e. The molecular formula is C9H19NO2. The molecule has 0 heterocycles. The normalized spacial score (nSPS) is 14.1. The second-order valence-corrected chi connectivity index (χ2v) is 3.79. The van der Waals surface area contributed by atoms with E-state index in [0.717, 1.165) is 6.42 Å². The SMILES string of the molecule is CCC(C)(C)C(=O)NC(C)CO. The van der Waals surface area contributed by atoms with Gasteiger partial charge in [-0.15, -0.1) is 0 Å². The van der Waals surface area contributed by atoms with Crippen molar-refractivity contribution in [2.24, 2.45) is 5.41 Å². The van der Waals surface area contributed by atoms with Gasteiger partial charge in [0.05, 0.1) is 6.61 Å². The van der Waals surface area contributed by atoms with Crippen LogP contribution in [0.3, 0.4) is 0 Å². The van der Waals surface area contributed by atoms with Gasteiger partial charge in [0, 0.05) is 11.5 Å². The fourth-order valence-corrected chi connectivity index (χ4v) is 0.625. The van der Waals surface area contributed by atoms with E-state index in [4.69, 9.17) is 5.11 Å². The van der Waals surface area contributed by atoms with Crippen LogP contribution in [0.15, 0.2) is 0 Å². The average molecular weight is 173 g/mol. The zero-order valence-corrected chi connectivity index (χ0v) is 8.35. The Balaban J connectivity index is 4.03. The number of nitrogens with one attached hydrogen (secondary N) is 1. The van der Waals surface area contributed by atoms with Crippen LogP contribution in [0.2, 0.25) is 0 Å². The predicted molar refractivity (Wildman–Crippen MR) is 48.8 cm³/mol. The first-order chi connectivity index (χ1) is 5.44. The maximum absolute atomic E-state index is 11.4. The van der Waals surface area contributed by atoms with E-state index in [1.54, 1.807) is 6.92 Å². The zero-order valence-electron chi connectivity index (χ0n) is 8.35. The topological polar surface area (TPSA) is 49.3 Å². The van der Waals surface area contributed by atoms with Gasteiger partial charge in [0.2, 0.25) is 5.91 Å². The number of aliphatic hydroxyl groups excluding tert-OH is 1. The van der Waals surface area contributed by atoms with Crippen LogP contribution in [0, 0.1) is 5.41 Å². The molecule has 12 heavy (non-hydrogen) atoms. The Hall–Kier alpha value is -0.570. The van der Waals surface area contributed by atoms with Crippen molar-refractivity contribution in [3.05, 3.63) is 0 Å². The van der Waals surface area contributed by atoms with Crippen molar-refractivity contribution in [3.63, 3.8) is 0 Å². The summed E-state index contributed by atoms with van der Waals surface area (Å²) in [6, 6.07) is -0.150. The minimum absolute atomic E-state index is 0.00606. The second-order valence-electron chi connectivity index (χ2n) is 3.79. The fourth-order valence-electron chi connectivity index (χ4n) is 0.625. The number of amides is 1. The highest BCUT2D eigenvalue weighted by Gasteiger charge is 2.25. The van der Waals surface area contributed by atoms with E-state index in [0.29, 0.717) is 0 Å². The Morgan fingerprint density at radius 1 is 1.58 bits per heavy atom. The first kappa shape index (κ1) is 11.4. The maximum atomic E-state index is 11.4. The van der Waals surface area contributed by atoms with Crippen LogP contribution >= 0.6 is 0 Å². The number of carbonyl (C=O) groups excluding carboxylic acids is 1. The standard InChI is InChI=1S/C9H19NO2/c1-5-9(3,4)8(12)10-7(2)6-11/h7,11H,5-6H2,1-4H3,(H,10,12). The third-order valence-corrected chi connectivity index (χ3v) is 2.15. The number of rotatable bonds is 4. The van der Waals surface area contributed by atoms with Crippen molar-refractivity contribution in [1.82, 2.24) is 5.32 Å². The molecule has 0 rings (SSSR count). The monoisotopic (exact) mass is 173 g/mol. The van der Waals surface area contributed by atoms with Crippen LogP contribution in [0.4, 0.5) is 0 Å². The molecule has 0 aromatic heterocycles. The van der Waals surface area contributed by atoms with Gasteiger partial charge in [0.15, 0.2) is 0 Å². The molecule has 1 unspecified atom stereocenters. The van der Waals surface area contributed by atoms with Gasteiger partial charge in [-0.05, 0) is 13.3 Å². The Morgan fingerprint density at radius 2 is 2.08 bits per heavy atom. The fraction of sp³-hybridized carbons (Fsp3) is 0.889. The molecule has 0 aromatic rings. The second kappa shape index (κ2) is 4.45. The summed E-state index contributed by atoms with van der Waals surface area (Å²) >= 11 is 0. The lowest BCUT2D eigenvalue weighted by Gasteiger charge is -2.23. The van der Waals surface area contributed by atoms with E-state index in [9.17, 15) is 4.79 Å². The number of hydrogen-bond acceptors (Lipinski definition) is 2. The van der Waals surface area contributed by atoms with Crippen molar-refractivity contribution < 1.29 is 9.90 Å². The van der Waals surface area contributed by atoms with Gasteiger partial charge >= 0.3 is 0 Å². The molecular weight excluding hydrogens is 154 g/mol. The van der Waals surface area contributed by atoms with Crippen LogP contribution in [0.1, 0.15) is 34.1 Å². The molecule has 0 bridgehead atoms. The summed E-state index contributed by atoms with van der Waals surface area (Å²) in [7, 11) is 0. The molecule has 0 aromatic carbocycles. The molecule has 0 aliphatic heterocycles. The highest BCUT2D eigenvalue weighted by Crippen LogP contribution is 2.19. The van der Waals surface area contributed by atoms with Crippen molar-refractivity contribution in [3.8, 4) is 0 Å². The van der Waals surface area contributed by atoms with E-state index in [2.05, 4.69) is 5.32 Å². The largest absolute Gasteiger partial charge is 0.394 e. The van der Waals surface area contributed by atoms with Crippen LogP contribution in [-0.4, -0.2) is 23.7 Å². The lowest BCUT2D eigenvalue weighted by Crippen LogP contribution is -2.42. The molecule has 72 valence electrons. The molecule has 3 heteroatoms. The zero-order chi connectivity index (χ0) is 9.78. The van der Waals surface area contributed by atoms with Gasteiger partial charge < -0.3 is 10.4 Å². The summed E-state index contributed by atoms with van der Waals surface area (Å²) < 4.78 is 0. The highest BCUT2D eigenvalue weighted by molar-refractivity contribution is 5.81. The number of carbonyl (C=O) groups is 1. The van der Waals surface area contributed by atoms with Crippen LogP contribution in [0.5, 0.6) is 0 Å². The van der Waals surface area contributed by atoms with Gasteiger partial charge in [-0.2, -0.15) is 0 Å². The summed E-state index contributed by atoms with van der Waals surface area (Å²) in [4.78, 5) is 11.4. The predicted octanol–water partition coefficient (Wildman–Crippen LogP) is 0.920. The minimum atomic E-state index is -0.330. The quantitative estimate of drug-likeness (QED) is 0.664. The molecule has 3 nitrogen and oxygen atoms in total. The number of aliphatic hydroxyl groups is 1. The van der Waals surface area contributed by atoms with E-state index in [1.165, 1.54) is 0 Å². The third kappa shape index (κ3) is 3.22. The minimum Gasteiger partial charge on any atom is -0.394 e.